The van der Waals surface area contributed by atoms with E-state index in [4.69, 9.17) is 8.94 Å². The first-order chi connectivity index (χ1) is 7.90. The van der Waals surface area contributed by atoms with Crippen molar-refractivity contribution in [2.75, 3.05) is 0 Å². The monoisotopic (exact) mass is 213 g/mol. The molecule has 0 bridgehead atoms. The molecule has 78 valence electrons. The van der Waals surface area contributed by atoms with E-state index in [0.717, 1.165) is 5.39 Å². The van der Waals surface area contributed by atoms with E-state index in [9.17, 15) is 4.79 Å². The molecule has 16 heavy (non-hydrogen) atoms. The van der Waals surface area contributed by atoms with Crippen molar-refractivity contribution in [1.82, 2.24) is 5.16 Å². The summed E-state index contributed by atoms with van der Waals surface area (Å²) in [7, 11) is 0. The third kappa shape index (κ3) is 1.16. The third-order valence-corrected chi connectivity index (χ3v) is 2.43. The number of aromatic nitrogens is 1. The second-order valence-electron chi connectivity index (χ2n) is 3.34. The van der Waals surface area contributed by atoms with Crippen LogP contribution in [0.3, 0.4) is 0 Å². The van der Waals surface area contributed by atoms with E-state index in [0.29, 0.717) is 23.1 Å². The van der Waals surface area contributed by atoms with Crippen LogP contribution in [0, 0.1) is 0 Å². The van der Waals surface area contributed by atoms with Crippen molar-refractivity contribution in [2.45, 2.75) is 0 Å². The Morgan fingerprint density at radius 2 is 2.06 bits per heavy atom. The SMILES string of the molecule is O=Cc1occc1-c1noc2ccccc12. The molecule has 2 aromatic heterocycles. The number of carbonyl (C=O) groups excluding carboxylic acids is 1. The fourth-order valence-electron chi connectivity index (χ4n) is 1.69. The molecule has 3 aromatic rings. The van der Waals surface area contributed by atoms with Gasteiger partial charge in [0, 0.05) is 5.39 Å². The number of benzene rings is 1. The van der Waals surface area contributed by atoms with Crippen LogP contribution in [0.1, 0.15) is 10.6 Å². The van der Waals surface area contributed by atoms with Crippen molar-refractivity contribution in [1.29, 1.82) is 0 Å². The fourth-order valence-corrected chi connectivity index (χ4v) is 1.69. The Balaban J connectivity index is 2.30. The van der Waals surface area contributed by atoms with Crippen LogP contribution in [-0.2, 0) is 0 Å². The summed E-state index contributed by atoms with van der Waals surface area (Å²) >= 11 is 0. The molecular weight excluding hydrogens is 206 g/mol. The molecule has 4 nitrogen and oxygen atoms in total. The zero-order valence-corrected chi connectivity index (χ0v) is 8.21. The molecular formula is C12H7NO3. The maximum atomic E-state index is 10.8. The number of fused-ring (bicyclic) bond motifs is 1. The van der Waals surface area contributed by atoms with Gasteiger partial charge in [0.1, 0.15) is 5.69 Å². The smallest absolute Gasteiger partial charge is 0.186 e. The summed E-state index contributed by atoms with van der Waals surface area (Å²) in [4.78, 5) is 10.8. The molecule has 0 aliphatic heterocycles. The van der Waals surface area contributed by atoms with Crippen LogP contribution in [0.2, 0.25) is 0 Å². The summed E-state index contributed by atoms with van der Waals surface area (Å²) in [5, 5.41) is 4.82. The number of aldehydes is 1. The van der Waals surface area contributed by atoms with Crippen LogP contribution in [0.15, 0.2) is 45.5 Å². The zero-order valence-electron chi connectivity index (χ0n) is 8.21. The van der Waals surface area contributed by atoms with Gasteiger partial charge in [0.25, 0.3) is 0 Å². The molecule has 0 aliphatic carbocycles. The summed E-state index contributed by atoms with van der Waals surface area (Å²) in [6.45, 7) is 0. The summed E-state index contributed by atoms with van der Waals surface area (Å²) < 4.78 is 10.2. The Morgan fingerprint density at radius 1 is 1.19 bits per heavy atom. The largest absolute Gasteiger partial charge is 0.461 e. The highest BCUT2D eigenvalue weighted by molar-refractivity contribution is 5.95. The number of nitrogens with zero attached hydrogens (tertiary/aromatic N) is 1. The van der Waals surface area contributed by atoms with Gasteiger partial charge >= 0.3 is 0 Å². The predicted octanol–water partition coefficient (Wildman–Crippen LogP) is 2.90. The lowest BCUT2D eigenvalue weighted by molar-refractivity contribution is 0.110. The number of hydrogen-bond acceptors (Lipinski definition) is 4. The van der Waals surface area contributed by atoms with Crippen LogP contribution in [-0.4, -0.2) is 11.4 Å². The van der Waals surface area contributed by atoms with Gasteiger partial charge in [-0.1, -0.05) is 17.3 Å². The van der Waals surface area contributed by atoms with E-state index in [1.165, 1.54) is 6.26 Å². The minimum absolute atomic E-state index is 0.263. The van der Waals surface area contributed by atoms with Crippen molar-refractivity contribution in [3.05, 3.63) is 42.4 Å². The predicted molar refractivity (Wildman–Crippen MR) is 57.1 cm³/mol. The van der Waals surface area contributed by atoms with Gasteiger partial charge < -0.3 is 8.94 Å². The third-order valence-electron chi connectivity index (χ3n) is 2.43. The highest BCUT2D eigenvalue weighted by atomic mass is 16.5. The molecule has 2 heterocycles. The summed E-state index contributed by atoms with van der Waals surface area (Å²) in [6.07, 6.45) is 2.13. The van der Waals surface area contributed by atoms with Gasteiger partial charge in [-0.25, -0.2) is 0 Å². The standard InChI is InChI=1S/C12H7NO3/c14-7-11-9(5-6-15-11)12-8-3-1-2-4-10(8)16-13-12/h1-7H. The highest BCUT2D eigenvalue weighted by Crippen LogP contribution is 2.29. The molecule has 0 N–H and O–H groups in total. The van der Waals surface area contributed by atoms with E-state index in [1.807, 2.05) is 24.3 Å². The Labute approximate surface area is 90.5 Å². The molecule has 0 saturated heterocycles. The van der Waals surface area contributed by atoms with E-state index in [2.05, 4.69) is 5.16 Å². The van der Waals surface area contributed by atoms with E-state index >= 15 is 0 Å². The average molecular weight is 213 g/mol. The Morgan fingerprint density at radius 3 is 2.94 bits per heavy atom. The summed E-state index contributed by atoms with van der Waals surface area (Å²) in [5.74, 6) is 0.263. The number of rotatable bonds is 2. The van der Waals surface area contributed by atoms with Gasteiger partial charge in [-0.2, -0.15) is 0 Å². The zero-order chi connectivity index (χ0) is 11.0. The van der Waals surface area contributed by atoms with Gasteiger partial charge in [0.2, 0.25) is 0 Å². The van der Waals surface area contributed by atoms with Crippen LogP contribution < -0.4 is 0 Å². The fraction of sp³-hybridized carbons (Fsp3) is 0. The molecule has 0 atom stereocenters. The maximum absolute atomic E-state index is 10.8. The Hall–Kier alpha value is -2.36. The topological polar surface area (TPSA) is 56.2 Å². The van der Waals surface area contributed by atoms with Gasteiger partial charge in [-0.15, -0.1) is 0 Å². The lowest BCUT2D eigenvalue weighted by Gasteiger charge is -1.91. The second-order valence-corrected chi connectivity index (χ2v) is 3.34. The number of para-hydroxylation sites is 1. The second kappa shape index (κ2) is 3.34. The van der Waals surface area contributed by atoms with Gasteiger partial charge in [0.05, 0.1) is 11.8 Å². The summed E-state index contributed by atoms with van der Waals surface area (Å²) in [5.41, 5.74) is 1.97. The molecule has 1 aromatic carbocycles. The maximum Gasteiger partial charge on any atom is 0.186 e. The molecule has 0 aliphatic rings. The van der Waals surface area contributed by atoms with E-state index in [-0.39, 0.29) is 5.76 Å². The van der Waals surface area contributed by atoms with Gasteiger partial charge in [-0.3, -0.25) is 4.79 Å². The van der Waals surface area contributed by atoms with Gasteiger partial charge in [0.15, 0.2) is 17.6 Å². The van der Waals surface area contributed by atoms with E-state index in [1.54, 1.807) is 6.07 Å². The number of hydrogen-bond donors (Lipinski definition) is 0. The van der Waals surface area contributed by atoms with Crippen molar-refractivity contribution >= 4 is 17.3 Å². The van der Waals surface area contributed by atoms with Crippen molar-refractivity contribution in [3.8, 4) is 11.3 Å². The quantitative estimate of drug-likeness (QED) is 0.614. The van der Waals surface area contributed by atoms with Crippen molar-refractivity contribution < 1.29 is 13.7 Å². The van der Waals surface area contributed by atoms with Crippen LogP contribution >= 0.6 is 0 Å². The minimum Gasteiger partial charge on any atom is -0.461 e. The van der Waals surface area contributed by atoms with Crippen LogP contribution in [0.5, 0.6) is 0 Å². The molecule has 0 fully saturated rings. The highest BCUT2D eigenvalue weighted by Gasteiger charge is 2.15. The minimum atomic E-state index is 0.263. The Kier molecular flexibility index (Phi) is 1.86. The lowest BCUT2D eigenvalue weighted by atomic mass is 10.1. The Bertz CT molecular complexity index is 651. The van der Waals surface area contributed by atoms with Crippen LogP contribution in [0.4, 0.5) is 0 Å². The molecule has 3 rings (SSSR count). The number of furan rings is 1. The normalized spacial score (nSPS) is 10.8. The van der Waals surface area contributed by atoms with Crippen LogP contribution in [0.25, 0.3) is 22.2 Å². The summed E-state index contributed by atoms with van der Waals surface area (Å²) in [6, 6.07) is 9.18. The number of carbonyl (C=O) groups is 1. The first kappa shape index (κ1) is 8.91. The van der Waals surface area contributed by atoms with Crippen molar-refractivity contribution in [2.24, 2.45) is 0 Å². The average Bonchev–Trinajstić information content (AvgIpc) is 2.94. The molecule has 0 unspecified atom stereocenters. The lowest BCUT2D eigenvalue weighted by Crippen LogP contribution is -1.81. The molecule has 0 radical (unpaired) electrons. The first-order valence-corrected chi connectivity index (χ1v) is 4.77. The van der Waals surface area contributed by atoms with E-state index < -0.39 is 0 Å². The molecule has 0 spiro atoms. The first-order valence-electron chi connectivity index (χ1n) is 4.77. The molecule has 0 saturated carbocycles. The molecule has 0 amide bonds. The molecule has 4 heteroatoms. The van der Waals surface area contributed by atoms with Crippen molar-refractivity contribution in [3.63, 3.8) is 0 Å². The van der Waals surface area contributed by atoms with Gasteiger partial charge in [-0.05, 0) is 18.2 Å².